The van der Waals surface area contributed by atoms with Gasteiger partial charge in [0.2, 0.25) is 0 Å². The van der Waals surface area contributed by atoms with Crippen LogP contribution in [0.25, 0.3) is 0 Å². The standard InChI is InChI=1S/C9H15NO/c11-8-4-3-7-10-9-5-1-2-6-9/h9-11H,1-2,5-8H2. The van der Waals surface area contributed by atoms with E-state index in [1.165, 1.54) is 25.7 Å². The molecule has 0 saturated heterocycles. The van der Waals surface area contributed by atoms with E-state index in [0.29, 0.717) is 6.04 Å². The van der Waals surface area contributed by atoms with Crippen molar-refractivity contribution in [3.8, 4) is 11.8 Å². The Hall–Kier alpha value is -0.520. The van der Waals surface area contributed by atoms with Crippen LogP contribution < -0.4 is 5.32 Å². The predicted octanol–water partition coefficient (Wildman–Crippen LogP) is 0.514. The van der Waals surface area contributed by atoms with Crippen LogP contribution in [-0.4, -0.2) is 24.3 Å². The topological polar surface area (TPSA) is 32.3 Å². The second kappa shape index (κ2) is 5.17. The predicted molar refractivity (Wildman–Crippen MR) is 45.1 cm³/mol. The molecule has 0 radical (unpaired) electrons. The number of nitrogens with one attached hydrogen (secondary N) is 1. The monoisotopic (exact) mass is 153 g/mol. The third-order valence-corrected chi connectivity index (χ3v) is 2.04. The zero-order chi connectivity index (χ0) is 7.94. The summed E-state index contributed by atoms with van der Waals surface area (Å²) >= 11 is 0. The van der Waals surface area contributed by atoms with Gasteiger partial charge < -0.3 is 10.4 Å². The molecule has 2 heteroatoms. The van der Waals surface area contributed by atoms with E-state index in [4.69, 9.17) is 5.11 Å². The summed E-state index contributed by atoms with van der Waals surface area (Å²) in [4.78, 5) is 0. The van der Waals surface area contributed by atoms with Gasteiger partial charge in [-0.15, -0.1) is 0 Å². The van der Waals surface area contributed by atoms with E-state index in [1.807, 2.05) is 0 Å². The maximum Gasteiger partial charge on any atom is 0.104 e. The third-order valence-electron chi connectivity index (χ3n) is 2.04. The van der Waals surface area contributed by atoms with Gasteiger partial charge >= 0.3 is 0 Å². The Bertz CT molecular complexity index is 151. The molecular weight excluding hydrogens is 138 g/mol. The maximum atomic E-state index is 8.36. The molecule has 1 rings (SSSR count). The fraction of sp³-hybridized carbons (Fsp3) is 0.778. The number of hydrogen-bond donors (Lipinski definition) is 2. The first-order valence-corrected chi connectivity index (χ1v) is 4.23. The van der Waals surface area contributed by atoms with Gasteiger partial charge in [-0.2, -0.15) is 0 Å². The third kappa shape index (κ3) is 3.41. The van der Waals surface area contributed by atoms with Gasteiger partial charge in [0.1, 0.15) is 6.61 Å². The molecule has 0 heterocycles. The van der Waals surface area contributed by atoms with Crippen molar-refractivity contribution in [3.05, 3.63) is 0 Å². The summed E-state index contributed by atoms with van der Waals surface area (Å²) in [6.45, 7) is 0.706. The van der Waals surface area contributed by atoms with Gasteiger partial charge in [-0.1, -0.05) is 24.7 Å². The molecule has 0 bridgehead atoms. The van der Waals surface area contributed by atoms with Gasteiger partial charge in [0, 0.05) is 6.04 Å². The largest absolute Gasteiger partial charge is 0.384 e. The smallest absolute Gasteiger partial charge is 0.104 e. The van der Waals surface area contributed by atoms with Crippen LogP contribution in [0.3, 0.4) is 0 Å². The lowest BCUT2D eigenvalue weighted by Crippen LogP contribution is -2.26. The van der Waals surface area contributed by atoms with Crippen LogP contribution in [0.2, 0.25) is 0 Å². The molecule has 0 aromatic heterocycles. The number of rotatable bonds is 2. The van der Waals surface area contributed by atoms with Crippen LogP contribution in [0.4, 0.5) is 0 Å². The summed E-state index contributed by atoms with van der Waals surface area (Å²) in [6, 6.07) is 0.683. The van der Waals surface area contributed by atoms with Crippen molar-refractivity contribution < 1.29 is 5.11 Å². The van der Waals surface area contributed by atoms with Gasteiger partial charge in [0.25, 0.3) is 0 Å². The van der Waals surface area contributed by atoms with Crippen LogP contribution in [0, 0.1) is 11.8 Å². The highest BCUT2D eigenvalue weighted by molar-refractivity contribution is 5.01. The second-order valence-electron chi connectivity index (χ2n) is 2.87. The van der Waals surface area contributed by atoms with Crippen molar-refractivity contribution in [1.82, 2.24) is 5.32 Å². The van der Waals surface area contributed by atoms with Crippen LogP contribution in [0.5, 0.6) is 0 Å². The van der Waals surface area contributed by atoms with Crippen molar-refractivity contribution >= 4 is 0 Å². The van der Waals surface area contributed by atoms with Gasteiger partial charge in [-0.05, 0) is 12.8 Å². The van der Waals surface area contributed by atoms with Crippen molar-refractivity contribution in [3.63, 3.8) is 0 Å². The molecule has 0 unspecified atom stereocenters. The highest BCUT2D eigenvalue weighted by atomic mass is 16.2. The molecule has 0 aromatic carbocycles. The van der Waals surface area contributed by atoms with Crippen LogP contribution in [0.15, 0.2) is 0 Å². The van der Waals surface area contributed by atoms with E-state index in [-0.39, 0.29) is 6.61 Å². The molecule has 62 valence electrons. The normalized spacial score (nSPS) is 17.9. The van der Waals surface area contributed by atoms with Gasteiger partial charge in [-0.3, -0.25) is 0 Å². The zero-order valence-electron chi connectivity index (χ0n) is 6.77. The van der Waals surface area contributed by atoms with E-state index in [2.05, 4.69) is 17.2 Å². The van der Waals surface area contributed by atoms with Crippen molar-refractivity contribution in [1.29, 1.82) is 0 Å². The summed E-state index contributed by atoms with van der Waals surface area (Å²) in [5.41, 5.74) is 0. The van der Waals surface area contributed by atoms with E-state index < -0.39 is 0 Å². The molecule has 1 fully saturated rings. The summed E-state index contributed by atoms with van der Waals surface area (Å²) in [6.07, 6.45) is 5.29. The lowest BCUT2D eigenvalue weighted by molar-refractivity contribution is 0.350. The number of hydrogen-bond acceptors (Lipinski definition) is 2. The Kier molecular flexibility index (Phi) is 4.03. The molecule has 0 amide bonds. The number of aliphatic hydroxyl groups excluding tert-OH is 1. The summed E-state index contributed by atoms with van der Waals surface area (Å²) in [5.74, 6) is 5.47. The van der Waals surface area contributed by atoms with Gasteiger partial charge in [-0.25, -0.2) is 0 Å². The molecule has 1 saturated carbocycles. The SMILES string of the molecule is OCC#CCNC1CCCC1. The first-order chi connectivity index (χ1) is 5.43. The Balaban J connectivity index is 2.02. The molecule has 0 aromatic rings. The molecular formula is C9H15NO. The molecule has 11 heavy (non-hydrogen) atoms. The molecule has 1 aliphatic carbocycles. The summed E-state index contributed by atoms with van der Waals surface area (Å²) in [7, 11) is 0. The first kappa shape index (κ1) is 8.58. The molecule has 0 aliphatic heterocycles. The quantitative estimate of drug-likeness (QED) is 0.567. The average molecular weight is 153 g/mol. The van der Waals surface area contributed by atoms with Gasteiger partial charge in [0.15, 0.2) is 0 Å². The van der Waals surface area contributed by atoms with Gasteiger partial charge in [0.05, 0.1) is 6.54 Å². The lowest BCUT2D eigenvalue weighted by atomic mass is 10.2. The zero-order valence-corrected chi connectivity index (χ0v) is 6.77. The van der Waals surface area contributed by atoms with Crippen LogP contribution in [-0.2, 0) is 0 Å². The van der Waals surface area contributed by atoms with Crippen molar-refractivity contribution in [2.24, 2.45) is 0 Å². The van der Waals surface area contributed by atoms with Crippen LogP contribution >= 0.6 is 0 Å². The Labute approximate surface area is 68.0 Å². The highest BCUT2D eigenvalue weighted by Crippen LogP contribution is 2.16. The van der Waals surface area contributed by atoms with E-state index in [1.54, 1.807) is 0 Å². The summed E-state index contributed by atoms with van der Waals surface area (Å²) in [5, 5.41) is 11.7. The first-order valence-electron chi connectivity index (χ1n) is 4.23. The summed E-state index contributed by atoms with van der Waals surface area (Å²) < 4.78 is 0. The lowest BCUT2D eigenvalue weighted by Gasteiger charge is -2.07. The minimum atomic E-state index is -0.0215. The Morgan fingerprint density at radius 3 is 2.64 bits per heavy atom. The van der Waals surface area contributed by atoms with E-state index in [9.17, 15) is 0 Å². The minimum Gasteiger partial charge on any atom is -0.384 e. The Morgan fingerprint density at radius 2 is 2.00 bits per heavy atom. The minimum absolute atomic E-state index is 0.0215. The molecule has 0 spiro atoms. The fourth-order valence-corrected chi connectivity index (χ4v) is 1.44. The molecule has 2 N–H and O–H groups in total. The molecule has 0 atom stereocenters. The van der Waals surface area contributed by atoms with E-state index >= 15 is 0 Å². The van der Waals surface area contributed by atoms with E-state index in [0.717, 1.165) is 6.54 Å². The molecule has 2 nitrogen and oxygen atoms in total. The second-order valence-corrected chi connectivity index (χ2v) is 2.87. The Morgan fingerprint density at radius 1 is 1.27 bits per heavy atom. The number of aliphatic hydroxyl groups is 1. The van der Waals surface area contributed by atoms with Crippen LogP contribution in [0.1, 0.15) is 25.7 Å². The fourth-order valence-electron chi connectivity index (χ4n) is 1.44. The van der Waals surface area contributed by atoms with Crippen molar-refractivity contribution in [2.45, 2.75) is 31.7 Å². The highest BCUT2D eigenvalue weighted by Gasteiger charge is 2.12. The van der Waals surface area contributed by atoms with Crippen molar-refractivity contribution in [2.75, 3.05) is 13.2 Å². The average Bonchev–Trinajstić information content (AvgIpc) is 2.50. The molecule has 1 aliphatic rings. The maximum absolute atomic E-state index is 8.36.